The Bertz CT molecular complexity index is 439. The minimum Gasteiger partial charge on any atom is -0.504 e. The van der Waals surface area contributed by atoms with Gasteiger partial charge in [0.15, 0.2) is 11.5 Å². The first-order valence-corrected chi connectivity index (χ1v) is 8.24. The maximum atomic E-state index is 9.69. The second-order valence-corrected chi connectivity index (χ2v) is 6.36. The van der Waals surface area contributed by atoms with Gasteiger partial charge < -0.3 is 15.2 Å². The van der Waals surface area contributed by atoms with Crippen LogP contribution in [-0.2, 0) is 0 Å². The van der Waals surface area contributed by atoms with Crippen molar-refractivity contribution in [2.24, 2.45) is 5.92 Å². The molecule has 0 radical (unpaired) electrons. The lowest BCUT2D eigenvalue weighted by Gasteiger charge is -2.27. The van der Waals surface area contributed by atoms with Crippen molar-refractivity contribution in [1.29, 1.82) is 0 Å². The molecule has 2 atom stereocenters. The van der Waals surface area contributed by atoms with Crippen LogP contribution >= 0.6 is 0 Å². The van der Waals surface area contributed by atoms with Crippen LogP contribution in [0.2, 0.25) is 0 Å². The third-order valence-corrected chi connectivity index (χ3v) is 4.82. The van der Waals surface area contributed by atoms with E-state index in [1.165, 1.54) is 38.5 Å². The van der Waals surface area contributed by atoms with Crippen molar-refractivity contribution in [2.45, 2.75) is 64.5 Å². The number of methoxy groups -OCH3 is 1. The van der Waals surface area contributed by atoms with Gasteiger partial charge >= 0.3 is 0 Å². The molecular formula is C18H29NO2. The number of ether oxygens (including phenoxy) is 1. The SMILES string of the molecule is COc1cc(C(C)N[C@H](C)C2CCCCCC2)ccc1O. The van der Waals surface area contributed by atoms with E-state index >= 15 is 0 Å². The van der Waals surface area contributed by atoms with Crippen molar-refractivity contribution in [1.82, 2.24) is 5.32 Å². The molecule has 2 N–H and O–H groups in total. The van der Waals surface area contributed by atoms with E-state index in [0.29, 0.717) is 11.8 Å². The molecular weight excluding hydrogens is 262 g/mol. The van der Waals surface area contributed by atoms with Gasteiger partial charge in [-0.05, 0) is 50.3 Å². The molecule has 0 saturated heterocycles. The molecule has 1 aliphatic carbocycles. The Kier molecular flexibility index (Phi) is 5.92. The summed E-state index contributed by atoms with van der Waals surface area (Å²) in [5.74, 6) is 1.53. The molecule has 1 aromatic rings. The number of benzene rings is 1. The Hall–Kier alpha value is -1.22. The fourth-order valence-corrected chi connectivity index (χ4v) is 3.40. The topological polar surface area (TPSA) is 41.5 Å². The number of hydrogen-bond acceptors (Lipinski definition) is 3. The van der Waals surface area contributed by atoms with Gasteiger partial charge in [-0.25, -0.2) is 0 Å². The van der Waals surface area contributed by atoms with Crippen LogP contribution in [0.4, 0.5) is 0 Å². The molecule has 0 bridgehead atoms. The lowest BCUT2D eigenvalue weighted by Crippen LogP contribution is -2.35. The molecule has 2 rings (SSSR count). The molecule has 0 heterocycles. The van der Waals surface area contributed by atoms with E-state index < -0.39 is 0 Å². The fourth-order valence-electron chi connectivity index (χ4n) is 3.40. The highest BCUT2D eigenvalue weighted by molar-refractivity contribution is 5.42. The molecule has 1 fully saturated rings. The van der Waals surface area contributed by atoms with E-state index in [1.807, 2.05) is 12.1 Å². The van der Waals surface area contributed by atoms with E-state index in [9.17, 15) is 5.11 Å². The number of phenols is 1. The molecule has 0 amide bonds. The molecule has 0 aromatic heterocycles. The van der Waals surface area contributed by atoms with E-state index in [0.717, 1.165) is 11.5 Å². The van der Waals surface area contributed by atoms with E-state index in [1.54, 1.807) is 13.2 Å². The van der Waals surface area contributed by atoms with Crippen LogP contribution in [0.3, 0.4) is 0 Å². The quantitative estimate of drug-likeness (QED) is 0.790. The van der Waals surface area contributed by atoms with Crippen molar-refractivity contribution in [2.75, 3.05) is 7.11 Å². The zero-order chi connectivity index (χ0) is 15.2. The van der Waals surface area contributed by atoms with Gasteiger partial charge in [-0.3, -0.25) is 0 Å². The van der Waals surface area contributed by atoms with Crippen LogP contribution in [-0.4, -0.2) is 18.3 Å². The van der Waals surface area contributed by atoms with Crippen LogP contribution in [0.15, 0.2) is 18.2 Å². The lowest BCUT2D eigenvalue weighted by molar-refractivity contribution is 0.315. The molecule has 1 unspecified atom stereocenters. The average molecular weight is 291 g/mol. The molecule has 1 aromatic carbocycles. The highest BCUT2D eigenvalue weighted by Crippen LogP contribution is 2.30. The van der Waals surface area contributed by atoms with Gasteiger partial charge in [0.05, 0.1) is 7.11 Å². The molecule has 3 heteroatoms. The van der Waals surface area contributed by atoms with E-state index in [2.05, 4.69) is 19.2 Å². The Morgan fingerprint density at radius 3 is 2.43 bits per heavy atom. The monoisotopic (exact) mass is 291 g/mol. The largest absolute Gasteiger partial charge is 0.504 e. The van der Waals surface area contributed by atoms with Gasteiger partial charge in [-0.2, -0.15) is 0 Å². The molecule has 1 aliphatic rings. The van der Waals surface area contributed by atoms with Crippen LogP contribution < -0.4 is 10.1 Å². The first kappa shape index (κ1) is 16.2. The normalized spacial score (nSPS) is 19.8. The zero-order valence-corrected chi connectivity index (χ0v) is 13.6. The van der Waals surface area contributed by atoms with Crippen molar-refractivity contribution in [3.63, 3.8) is 0 Å². The fraction of sp³-hybridized carbons (Fsp3) is 0.667. The number of nitrogens with one attached hydrogen (secondary N) is 1. The number of hydrogen-bond donors (Lipinski definition) is 2. The van der Waals surface area contributed by atoms with Crippen molar-refractivity contribution in [3.05, 3.63) is 23.8 Å². The highest BCUT2D eigenvalue weighted by atomic mass is 16.5. The first-order chi connectivity index (χ1) is 10.1. The summed E-state index contributed by atoms with van der Waals surface area (Å²) in [6.07, 6.45) is 8.23. The molecule has 118 valence electrons. The van der Waals surface area contributed by atoms with Gasteiger partial charge in [-0.15, -0.1) is 0 Å². The summed E-state index contributed by atoms with van der Waals surface area (Å²) in [6.45, 7) is 4.49. The summed E-state index contributed by atoms with van der Waals surface area (Å²) in [4.78, 5) is 0. The van der Waals surface area contributed by atoms with Gasteiger partial charge in [0.1, 0.15) is 0 Å². The average Bonchev–Trinajstić information content (AvgIpc) is 2.76. The Morgan fingerprint density at radius 2 is 1.81 bits per heavy atom. The second-order valence-electron chi connectivity index (χ2n) is 6.36. The van der Waals surface area contributed by atoms with E-state index in [4.69, 9.17) is 4.74 Å². The lowest BCUT2D eigenvalue weighted by atomic mass is 9.92. The molecule has 3 nitrogen and oxygen atoms in total. The summed E-state index contributed by atoms with van der Waals surface area (Å²) in [6, 6.07) is 6.39. The number of aromatic hydroxyl groups is 1. The molecule has 0 spiro atoms. The van der Waals surface area contributed by atoms with Crippen molar-refractivity contribution in [3.8, 4) is 11.5 Å². The zero-order valence-electron chi connectivity index (χ0n) is 13.6. The predicted molar refractivity (Wildman–Crippen MR) is 86.9 cm³/mol. The smallest absolute Gasteiger partial charge is 0.160 e. The second kappa shape index (κ2) is 7.69. The predicted octanol–water partition coefficient (Wildman–Crippen LogP) is 4.41. The maximum absolute atomic E-state index is 9.69. The number of phenolic OH excluding ortho intramolecular Hbond substituents is 1. The van der Waals surface area contributed by atoms with Gasteiger partial charge in [0.25, 0.3) is 0 Å². The van der Waals surface area contributed by atoms with Crippen LogP contribution in [0.5, 0.6) is 11.5 Å². The van der Waals surface area contributed by atoms with Crippen LogP contribution in [0, 0.1) is 5.92 Å². The summed E-state index contributed by atoms with van der Waals surface area (Å²) < 4.78 is 5.20. The molecule has 0 aliphatic heterocycles. The van der Waals surface area contributed by atoms with E-state index in [-0.39, 0.29) is 11.8 Å². The highest BCUT2D eigenvalue weighted by Gasteiger charge is 2.21. The summed E-state index contributed by atoms with van der Waals surface area (Å²) in [5.41, 5.74) is 1.16. The Balaban J connectivity index is 1.97. The standard InChI is InChI=1S/C18H29NO2/c1-13(15-8-6-4-5-7-9-15)19-14(2)16-10-11-17(20)18(12-16)21-3/h10-15,19-20H,4-9H2,1-3H3/t13-,14?/m1/s1. The summed E-state index contributed by atoms with van der Waals surface area (Å²) in [7, 11) is 1.59. The summed E-state index contributed by atoms with van der Waals surface area (Å²) >= 11 is 0. The third-order valence-electron chi connectivity index (χ3n) is 4.82. The third kappa shape index (κ3) is 4.37. The van der Waals surface area contributed by atoms with Crippen LogP contribution in [0.25, 0.3) is 0 Å². The van der Waals surface area contributed by atoms with Crippen molar-refractivity contribution < 1.29 is 9.84 Å². The molecule has 21 heavy (non-hydrogen) atoms. The Morgan fingerprint density at radius 1 is 1.14 bits per heavy atom. The van der Waals surface area contributed by atoms with Gasteiger partial charge in [0.2, 0.25) is 0 Å². The Labute approximate surface area is 128 Å². The van der Waals surface area contributed by atoms with Gasteiger partial charge in [-0.1, -0.05) is 31.7 Å². The maximum Gasteiger partial charge on any atom is 0.160 e. The first-order valence-electron chi connectivity index (χ1n) is 8.24. The minimum atomic E-state index is 0.199. The van der Waals surface area contributed by atoms with Crippen molar-refractivity contribution >= 4 is 0 Å². The summed E-state index contributed by atoms with van der Waals surface area (Å²) in [5, 5.41) is 13.4. The molecule has 1 saturated carbocycles. The number of rotatable bonds is 5. The van der Waals surface area contributed by atoms with Crippen LogP contribution in [0.1, 0.15) is 64.0 Å². The minimum absolute atomic E-state index is 0.199. The van der Waals surface area contributed by atoms with Gasteiger partial charge in [0, 0.05) is 12.1 Å².